The number of carbonyl (C=O) groups is 2. The van der Waals surface area contributed by atoms with Crippen molar-refractivity contribution in [2.75, 3.05) is 32.8 Å². The predicted octanol–water partition coefficient (Wildman–Crippen LogP) is -3.22. The summed E-state index contributed by atoms with van der Waals surface area (Å²) in [5.41, 5.74) is 0. The maximum atomic E-state index is 10.4. The Morgan fingerprint density at radius 1 is 1.53 bits per heavy atom. The van der Waals surface area contributed by atoms with Gasteiger partial charge in [0.2, 0.25) is 5.91 Å². The minimum absolute atomic E-state index is 0.0718. The van der Waals surface area contributed by atoms with Gasteiger partial charge < -0.3 is 25.2 Å². The molecule has 0 aromatic heterocycles. The molecule has 1 atom stereocenters. The first-order chi connectivity index (χ1) is 8.04. The minimum Gasteiger partial charge on any atom is -0.550 e. The second-order valence-corrected chi connectivity index (χ2v) is 3.95. The first-order valence-corrected chi connectivity index (χ1v) is 5.97. The first kappa shape index (κ1) is 15.9. The predicted molar refractivity (Wildman–Crippen MR) is 60.1 cm³/mol. The van der Waals surface area contributed by atoms with Crippen molar-refractivity contribution >= 4 is 11.9 Å². The second kappa shape index (κ2) is 8.95. The second-order valence-electron chi connectivity index (χ2n) is 3.95. The fourth-order valence-electron chi connectivity index (χ4n) is 1.53. The molecule has 0 spiro atoms. The Kier molecular flexibility index (Phi) is 8.35. The van der Waals surface area contributed by atoms with Gasteiger partial charge in [0.15, 0.2) is 0 Å². The van der Waals surface area contributed by atoms with Crippen LogP contribution in [0.1, 0.15) is 20.3 Å². The molecule has 100 valence electrons. The normalized spacial score (nSPS) is 18.6. The molecule has 1 unspecified atom stereocenters. The van der Waals surface area contributed by atoms with E-state index in [0.717, 1.165) is 19.6 Å². The van der Waals surface area contributed by atoms with E-state index < -0.39 is 11.9 Å². The van der Waals surface area contributed by atoms with Gasteiger partial charge >= 0.3 is 0 Å². The lowest BCUT2D eigenvalue weighted by Gasteiger charge is -2.12. The van der Waals surface area contributed by atoms with E-state index in [1.54, 1.807) is 0 Å². The fourth-order valence-corrected chi connectivity index (χ4v) is 1.53. The lowest BCUT2D eigenvalue weighted by molar-refractivity contribution is -0.896. The highest BCUT2D eigenvalue weighted by Crippen LogP contribution is 2.06. The van der Waals surface area contributed by atoms with Crippen molar-refractivity contribution in [1.82, 2.24) is 5.32 Å². The van der Waals surface area contributed by atoms with E-state index in [2.05, 4.69) is 19.2 Å². The van der Waals surface area contributed by atoms with Gasteiger partial charge in [0.25, 0.3) is 0 Å². The summed E-state index contributed by atoms with van der Waals surface area (Å²) in [5.74, 6) is -1.96. The van der Waals surface area contributed by atoms with Crippen molar-refractivity contribution in [3.63, 3.8) is 0 Å². The molecule has 0 saturated carbocycles. The molecular weight excluding hydrogens is 224 g/mol. The van der Waals surface area contributed by atoms with Gasteiger partial charge in [-0.1, -0.05) is 0 Å². The van der Waals surface area contributed by atoms with Crippen LogP contribution in [0.3, 0.4) is 0 Å². The van der Waals surface area contributed by atoms with Gasteiger partial charge in [-0.15, -0.1) is 0 Å². The zero-order valence-corrected chi connectivity index (χ0v) is 10.5. The van der Waals surface area contributed by atoms with E-state index in [0.29, 0.717) is 6.61 Å². The standard InChI is InChI=1S/C6H15NO.C5H7NO3/c1-3-7(4-2)5-6-8;7-4-1-3(2-6-4)5(8)9/h8H,3-6H2,1-2H3;3H,1-2H2,(H,6,7)(H,8,9). The quantitative estimate of drug-likeness (QED) is 0.475. The van der Waals surface area contributed by atoms with Crippen LogP contribution in [0.2, 0.25) is 0 Å². The third kappa shape index (κ3) is 6.91. The number of amides is 1. The largest absolute Gasteiger partial charge is 0.550 e. The van der Waals surface area contributed by atoms with Crippen molar-refractivity contribution in [3.8, 4) is 0 Å². The number of aliphatic hydroxyl groups is 1. The number of quaternary nitrogens is 1. The Morgan fingerprint density at radius 2 is 2.12 bits per heavy atom. The van der Waals surface area contributed by atoms with Crippen LogP contribution in [0, 0.1) is 5.92 Å². The number of aliphatic carboxylic acids is 1. The summed E-state index contributed by atoms with van der Waals surface area (Å²) in [7, 11) is 0. The number of likely N-dealkylation sites (N-methyl/N-ethyl adjacent to an activating group) is 1. The average molecular weight is 246 g/mol. The molecule has 6 heteroatoms. The molecule has 1 heterocycles. The summed E-state index contributed by atoms with van der Waals surface area (Å²) in [4.78, 5) is 21.9. The van der Waals surface area contributed by atoms with E-state index in [4.69, 9.17) is 5.11 Å². The number of aliphatic hydroxyl groups excluding tert-OH is 1. The molecule has 1 rings (SSSR count). The fraction of sp³-hybridized carbons (Fsp3) is 0.818. The topological polar surface area (TPSA) is 93.9 Å². The van der Waals surface area contributed by atoms with E-state index in [9.17, 15) is 14.7 Å². The van der Waals surface area contributed by atoms with Crippen LogP contribution in [0.15, 0.2) is 0 Å². The van der Waals surface area contributed by atoms with Crippen molar-refractivity contribution < 1.29 is 24.7 Å². The Bertz CT molecular complexity index is 242. The van der Waals surface area contributed by atoms with Crippen LogP contribution in [0.5, 0.6) is 0 Å². The zero-order valence-electron chi connectivity index (χ0n) is 10.5. The van der Waals surface area contributed by atoms with E-state index >= 15 is 0 Å². The van der Waals surface area contributed by atoms with E-state index in [1.807, 2.05) is 0 Å². The van der Waals surface area contributed by atoms with Gasteiger partial charge in [-0.05, 0) is 13.8 Å². The molecule has 0 aliphatic carbocycles. The number of carboxylic acids is 1. The number of hydrogen-bond acceptors (Lipinski definition) is 4. The smallest absolute Gasteiger partial charge is 0.220 e. The molecule has 0 radical (unpaired) electrons. The zero-order chi connectivity index (χ0) is 13.3. The van der Waals surface area contributed by atoms with Crippen LogP contribution >= 0.6 is 0 Å². The molecule has 17 heavy (non-hydrogen) atoms. The lowest BCUT2D eigenvalue weighted by atomic mass is 10.1. The van der Waals surface area contributed by atoms with Crippen molar-refractivity contribution in [2.24, 2.45) is 5.92 Å². The highest BCUT2D eigenvalue weighted by molar-refractivity contribution is 5.85. The molecule has 0 aromatic carbocycles. The number of hydrogen-bond donors (Lipinski definition) is 3. The molecule has 1 aliphatic rings. The van der Waals surface area contributed by atoms with Crippen LogP contribution < -0.4 is 15.3 Å². The number of rotatable bonds is 5. The average Bonchev–Trinajstić information content (AvgIpc) is 2.74. The van der Waals surface area contributed by atoms with Crippen LogP contribution in [0.25, 0.3) is 0 Å². The van der Waals surface area contributed by atoms with Gasteiger partial charge in [0.1, 0.15) is 6.54 Å². The van der Waals surface area contributed by atoms with Crippen molar-refractivity contribution in [3.05, 3.63) is 0 Å². The Labute approximate surface area is 102 Å². The minimum atomic E-state index is -1.15. The maximum absolute atomic E-state index is 10.4. The summed E-state index contributed by atoms with van der Waals surface area (Å²) in [5, 5.41) is 20.9. The molecule has 6 nitrogen and oxygen atoms in total. The summed E-state index contributed by atoms with van der Waals surface area (Å²) in [6.07, 6.45) is 0.0718. The van der Waals surface area contributed by atoms with Crippen LogP contribution in [0.4, 0.5) is 0 Å². The monoisotopic (exact) mass is 246 g/mol. The first-order valence-electron chi connectivity index (χ1n) is 5.97. The Morgan fingerprint density at radius 3 is 2.29 bits per heavy atom. The summed E-state index contributed by atoms with van der Waals surface area (Å²) in [6.45, 7) is 7.95. The highest BCUT2D eigenvalue weighted by Gasteiger charge is 2.21. The van der Waals surface area contributed by atoms with Gasteiger partial charge in [-0.25, -0.2) is 0 Å². The molecule has 0 bridgehead atoms. The molecule has 1 fully saturated rings. The molecule has 1 aliphatic heterocycles. The molecule has 3 N–H and O–H groups in total. The third-order valence-electron chi connectivity index (χ3n) is 2.78. The Hall–Kier alpha value is -1.14. The van der Waals surface area contributed by atoms with Crippen LogP contribution in [-0.2, 0) is 9.59 Å². The third-order valence-corrected chi connectivity index (χ3v) is 2.78. The molecule has 1 amide bonds. The number of nitrogens with one attached hydrogen (secondary N) is 2. The SMILES string of the molecule is CC[NH+](CC)CCO.O=C1CC(C(=O)[O-])CN1. The lowest BCUT2D eigenvalue weighted by Crippen LogP contribution is -3.11. The number of carbonyl (C=O) groups excluding carboxylic acids is 2. The number of carboxylic acid groups (broad SMARTS) is 1. The molecule has 1 saturated heterocycles. The maximum Gasteiger partial charge on any atom is 0.220 e. The van der Waals surface area contributed by atoms with Gasteiger partial charge in [0, 0.05) is 24.9 Å². The molecule has 0 aromatic rings. The van der Waals surface area contributed by atoms with Gasteiger partial charge in [0.05, 0.1) is 19.7 Å². The summed E-state index contributed by atoms with van der Waals surface area (Å²) < 4.78 is 0. The summed E-state index contributed by atoms with van der Waals surface area (Å²) in [6, 6.07) is 0. The van der Waals surface area contributed by atoms with E-state index in [1.165, 1.54) is 4.90 Å². The van der Waals surface area contributed by atoms with Crippen LogP contribution in [-0.4, -0.2) is 49.8 Å². The Balaban J connectivity index is 0.000000304. The van der Waals surface area contributed by atoms with Gasteiger partial charge in [-0.3, -0.25) is 4.79 Å². The van der Waals surface area contributed by atoms with Crippen molar-refractivity contribution in [1.29, 1.82) is 0 Å². The van der Waals surface area contributed by atoms with Crippen molar-refractivity contribution in [2.45, 2.75) is 20.3 Å². The highest BCUT2D eigenvalue weighted by atomic mass is 16.4. The van der Waals surface area contributed by atoms with E-state index in [-0.39, 0.29) is 18.9 Å². The molecular formula is C11H22N2O4. The summed E-state index contributed by atoms with van der Waals surface area (Å²) >= 11 is 0. The van der Waals surface area contributed by atoms with Gasteiger partial charge in [-0.2, -0.15) is 0 Å².